The maximum atomic E-state index is 12.7. The molecular formula is C22H26BNO4. The first-order valence-corrected chi connectivity index (χ1v) is 9.84. The highest BCUT2D eigenvalue weighted by Gasteiger charge is 2.51. The third-order valence-electron chi connectivity index (χ3n) is 5.71. The van der Waals surface area contributed by atoms with E-state index in [4.69, 9.17) is 14.0 Å². The van der Waals surface area contributed by atoms with Crippen LogP contribution in [-0.4, -0.2) is 35.2 Å². The lowest BCUT2D eigenvalue weighted by molar-refractivity contribution is 0.00578. The zero-order chi connectivity index (χ0) is 19.9. The van der Waals surface area contributed by atoms with Crippen LogP contribution in [-0.2, 0) is 15.7 Å². The Labute approximate surface area is 166 Å². The summed E-state index contributed by atoms with van der Waals surface area (Å²) in [6.45, 7) is 8.11. The second kappa shape index (κ2) is 7.01. The number of carbonyl (C=O) groups is 1. The first-order chi connectivity index (χ1) is 13.2. The normalized spacial score (nSPS) is 20.2. The summed E-state index contributed by atoms with van der Waals surface area (Å²) < 4.78 is 17.9. The minimum absolute atomic E-state index is 0.0246. The molecule has 1 aromatic heterocycles. The lowest BCUT2D eigenvalue weighted by atomic mass is 9.78. The van der Waals surface area contributed by atoms with Crippen molar-refractivity contribution in [2.75, 3.05) is 0 Å². The van der Waals surface area contributed by atoms with E-state index in [1.165, 1.54) is 0 Å². The summed E-state index contributed by atoms with van der Waals surface area (Å²) in [7, 11) is -0.424. The molecule has 0 spiro atoms. The SMILES string of the molecule is CC1(C)OB(c2ccc(C(=O)Cc3cc(OC4CC4)ccn3)cc2)OC1(C)C. The van der Waals surface area contributed by atoms with Gasteiger partial charge in [-0.15, -0.1) is 0 Å². The summed E-state index contributed by atoms with van der Waals surface area (Å²) in [5.74, 6) is 0.813. The molecule has 1 aliphatic carbocycles. The molecule has 6 heteroatoms. The van der Waals surface area contributed by atoms with Crippen LogP contribution in [0.25, 0.3) is 0 Å². The summed E-state index contributed by atoms with van der Waals surface area (Å²) >= 11 is 0. The Balaban J connectivity index is 1.42. The number of hydrogen-bond acceptors (Lipinski definition) is 5. The van der Waals surface area contributed by atoms with Gasteiger partial charge in [0.2, 0.25) is 0 Å². The third kappa shape index (κ3) is 3.98. The van der Waals surface area contributed by atoms with Crippen LogP contribution in [0.3, 0.4) is 0 Å². The largest absolute Gasteiger partial charge is 0.494 e. The molecule has 1 aromatic carbocycles. The van der Waals surface area contributed by atoms with Crippen molar-refractivity contribution in [3.8, 4) is 5.75 Å². The smallest absolute Gasteiger partial charge is 0.490 e. The zero-order valence-electron chi connectivity index (χ0n) is 16.9. The summed E-state index contributed by atoms with van der Waals surface area (Å²) in [6.07, 6.45) is 4.48. The monoisotopic (exact) mass is 379 g/mol. The Morgan fingerprint density at radius 3 is 2.36 bits per heavy atom. The van der Waals surface area contributed by atoms with Crippen LogP contribution < -0.4 is 10.2 Å². The maximum absolute atomic E-state index is 12.7. The number of nitrogens with zero attached hydrogens (tertiary/aromatic N) is 1. The molecule has 1 aliphatic heterocycles. The average Bonchev–Trinajstić information content (AvgIpc) is 3.41. The molecule has 146 valence electrons. The third-order valence-corrected chi connectivity index (χ3v) is 5.71. The number of ketones is 1. The Bertz CT molecular complexity index is 858. The first-order valence-electron chi connectivity index (χ1n) is 9.84. The van der Waals surface area contributed by atoms with E-state index in [0.717, 1.165) is 29.7 Å². The second-order valence-electron chi connectivity index (χ2n) is 8.61. The Kier molecular flexibility index (Phi) is 4.80. The van der Waals surface area contributed by atoms with Gasteiger partial charge in [-0.25, -0.2) is 0 Å². The van der Waals surface area contributed by atoms with Gasteiger partial charge in [-0.2, -0.15) is 0 Å². The number of aromatic nitrogens is 1. The van der Waals surface area contributed by atoms with Gasteiger partial charge in [0, 0.05) is 17.8 Å². The number of benzene rings is 1. The molecule has 2 aromatic rings. The molecule has 2 aliphatic rings. The highest BCUT2D eigenvalue weighted by Crippen LogP contribution is 2.36. The van der Waals surface area contributed by atoms with Crippen LogP contribution in [0.2, 0.25) is 0 Å². The molecule has 0 amide bonds. The fraction of sp³-hybridized carbons (Fsp3) is 0.455. The second-order valence-corrected chi connectivity index (χ2v) is 8.61. The Hall–Kier alpha value is -2.18. The Morgan fingerprint density at radius 1 is 1.11 bits per heavy atom. The fourth-order valence-corrected chi connectivity index (χ4v) is 3.08. The van der Waals surface area contributed by atoms with E-state index in [-0.39, 0.29) is 23.4 Å². The van der Waals surface area contributed by atoms with Gasteiger partial charge < -0.3 is 14.0 Å². The van der Waals surface area contributed by atoms with Gasteiger partial charge in [0.15, 0.2) is 5.78 Å². The van der Waals surface area contributed by atoms with Crippen molar-refractivity contribution in [3.63, 3.8) is 0 Å². The number of pyridine rings is 1. The van der Waals surface area contributed by atoms with Crippen LogP contribution in [0.1, 0.15) is 56.6 Å². The standard InChI is InChI=1S/C22H26BNO4/c1-21(2)22(3,4)28-23(27-21)16-7-5-15(6-8-16)20(25)14-17-13-19(11-12-24-17)26-18-9-10-18/h5-8,11-13,18H,9-10,14H2,1-4H3. The number of Topliss-reactive ketones (excluding diaryl/α,β-unsaturated/α-hetero) is 1. The van der Waals surface area contributed by atoms with Gasteiger partial charge in [0.25, 0.3) is 0 Å². The molecule has 2 fully saturated rings. The van der Waals surface area contributed by atoms with Crippen LogP contribution in [0.5, 0.6) is 5.75 Å². The van der Waals surface area contributed by atoms with E-state index in [2.05, 4.69) is 4.98 Å². The molecular weight excluding hydrogens is 353 g/mol. The minimum atomic E-state index is -0.424. The average molecular weight is 379 g/mol. The van der Waals surface area contributed by atoms with Gasteiger partial charge in [-0.3, -0.25) is 9.78 Å². The van der Waals surface area contributed by atoms with Crippen molar-refractivity contribution >= 4 is 18.4 Å². The molecule has 0 N–H and O–H groups in total. The molecule has 0 unspecified atom stereocenters. The molecule has 2 heterocycles. The van der Waals surface area contributed by atoms with Crippen molar-refractivity contribution in [1.29, 1.82) is 0 Å². The van der Waals surface area contributed by atoms with Crippen LogP contribution in [0.15, 0.2) is 42.6 Å². The van der Waals surface area contributed by atoms with Gasteiger partial charge in [-0.05, 0) is 52.1 Å². The van der Waals surface area contributed by atoms with Crippen molar-refractivity contribution in [2.45, 2.75) is 64.3 Å². The molecule has 1 saturated carbocycles. The van der Waals surface area contributed by atoms with Crippen LogP contribution in [0.4, 0.5) is 0 Å². The van der Waals surface area contributed by atoms with E-state index in [1.807, 2.05) is 64.1 Å². The van der Waals surface area contributed by atoms with Gasteiger partial charge in [0.05, 0.1) is 29.4 Å². The lowest BCUT2D eigenvalue weighted by Crippen LogP contribution is -2.41. The number of ether oxygens (including phenoxy) is 1. The van der Waals surface area contributed by atoms with Crippen molar-refractivity contribution in [3.05, 3.63) is 53.9 Å². The number of rotatable bonds is 6. The van der Waals surface area contributed by atoms with E-state index >= 15 is 0 Å². The summed E-state index contributed by atoms with van der Waals surface area (Å²) in [5, 5.41) is 0. The summed E-state index contributed by atoms with van der Waals surface area (Å²) in [6, 6.07) is 11.1. The van der Waals surface area contributed by atoms with Crippen molar-refractivity contribution in [1.82, 2.24) is 4.98 Å². The van der Waals surface area contributed by atoms with Gasteiger partial charge in [-0.1, -0.05) is 24.3 Å². The Morgan fingerprint density at radius 2 is 1.75 bits per heavy atom. The number of hydrogen-bond donors (Lipinski definition) is 0. The lowest BCUT2D eigenvalue weighted by Gasteiger charge is -2.32. The zero-order valence-corrected chi connectivity index (χ0v) is 16.9. The molecule has 0 radical (unpaired) electrons. The topological polar surface area (TPSA) is 57.7 Å². The minimum Gasteiger partial charge on any atom is -0.490 e. The molecule has 1 saturated heterocycles. The first kappa shape index (κ1) is 19.2. The maximum Gasteiger partial charge on any atom is 0.494 e. The molecule has 0 atom stereocenters. The number of carbonyl (C=O) groups excluding carboxylic acids is 1. The van der Waals surface area contributed by atoms with Crippen molar-refractivity contribution < 1.29 is 18.8 Å². The van der Waals surface area contributed by atoms with E-state index in [9.17, 15) is 4.79 Å². The molecule has 28 heavy (non-hydrogen) atoms. The van der Waals surface area contributed by atoms with Crippen LogP contribution >= 0.6 is 0 Å². The van der Waals surface area contributed by atoms with E-state index < -0.39 is 7.12 Å². The molecule has 5 nitrogen and oxygen atoms in total. The fourth-order valence-electron chi connectivity index (χ4n) is 3.08. The predicted octanol–water partition coefficient (Wildman–Crippen LogP) is 3.35. The predicted molar refractivity (Wildman–Crippen MR) is 108 cm³/mol. The molecule has 0 bridgehead atoms. The summed E-state index contributed by atoms with van der Waals surface area (Å²) in [4.78, 5) is 17.0. The van der Waals surface area contributed by atoms with Crippen molar-refractivity contribution in [2.24, 2.45) is 0 Å². The van der Waals surface area contributed by atoms with Gasteiger partial charge >= 0.3 is 7.12 Å². The molecule has 4 rings (SSSR count). The highest BCUT2D eigenvalue weighted by molar-refractivity contribution is 6.62. The van der Waals surface area contributed by atoms with Gasteiger partial charge in [0.1, 0.15) is 5.75 Å². The van der Waals surface area contributed by atoms with E-state index in [1.54, 1.807) is 6.20 Å². The highest BCUT2D eigenvalue weighted by atomic mass is 16.7. The summed E-state index contributed by atoms with van der Waals surface area (Å²) in [5.41, 5.74) is 1.51. The van der Waals surface area contributed by atoms with E-state index in [0.29, 0.717) is 11.7 Å². The van der Waals surface area contributed by atoms with Crippen LogP contribution in [0, 0.1) is 0 Å². The quantitative estimate of drug-likeness (QED) is 0.569.